The fraction of sp³-hybridized carbons (Fsp3) is 0.600. The minimum Gasteiger partial charge on any atom is -0.335 e. The Balaban J connectivity index is 2.61. The van der Waals surface area contributed by atoms with Crippen molar-refractivity contribution in [3.63, 3.8) is 0 Å². The highest BCUT2D eigenvalue weighted by Gasteiger charge is 2.70. The summed E-state index contributed by atoms with van der Waals surface area (Å²) in [4.78, 5) is 11.9. The molecular weight excluding hydrogens is 222 g/mol. The van der Waals surface area contributed by atoms with Crippen LogP contribution >= 0.6 is 0 Å². The number of nitrogens with one attached hydrogen (secondary N) is 2. The van der Waals surface area contributed by atoms with Crippen LogP contribution in [0.3, 0.4) is 0 Å². The van der Waals surface area contributed by atoms with E-state index in [1.54, 1.807) is 18.2 Å². The predicted octanol–water partition coefficient (Wildman–Crippen LogP) is -0.481. The van der Waals surface area contributed by atoms with E-state index in [4.69, 9.17) is 15.7 Å². The number of carbonyl (C=O) groups excluding carboxylic acids is 1. The van der Waals surface area contributed by atoms with Crippen LogP contribution in [0.5, 0.6) is 0 Å². The van der Waals surface area contributed by atoms with E-state index in [0.717, 1.165) is 0 Å². The number of nitrogens with zero attached hydrogens (tertiary/aromatic N) is 3. The Labute approximate surface area is 97.2 Å². The molecule has 0 aromatic heterocycles. The van der Waals surface area contributed by atoms with Crippen molar-refractivity contribution in [3.8, 4) is 18.2 Å². The highest BCUT2D eigenvalue weighted by molar-refractivity contribution is 5.91. The number of amides is 1. The van der Waals surface area contributed by atoms with Crippen LogP contribution in [0.4, 0.5) is 0 Å². The first-order valence-electron chi connectivity index (χ1n) is 5.01. The zero-order valence-corrected chi connectivity index (χ0v) is 8.82. The second kappa shape index (κ2) is 3.18. The van der Waals surface area contributed by atoms with Crippen molar-refractivity contribution < 1.29 is 10.0 Å². The van der Waals surface area contributed by atoms with E-state index in [0.29, 0.717) is 0 Å². The van der Waals surface area contributed by atoms with E-state index in [2.05, 4.69) is 5.32 Å². The molecule has 1 amide bonds. The van der Waals surface area contributed by atoms with Gasteiger partial charge in [0.1, 0.15) is 5.66 Å². The van der Waals surface area contributed by atoms with Gasteiger partial charge >= 0.3 is 0 Å². The third-order valence-electron chi connectivity index (χ3n) is 3.75. The van der Waals surface area contributed by atoms with Crippen molar-refractivity contribution in [3.05, 3.63) is 0 Å². The molecule has 2 rings (SSSR count). The lowest BCUT2D eigenvalue weighted by atomic mass is 9.57. The van der Waals surface area contributed by atoms with E-state index in [-0.39, 0.29) is 19.3 Å². The summed E-state index contributed by atoms with van der Waals surface area (Å²) in [5.74, 6) is -0.679. The smallest absolute Gasteiger partial charge is 0.244 e. The molecule has 7 heteroatoms. The Morgan fingerprint density at radius 3 is 2.35 bits per heavy atom. The van der Waals surface area contributed by atoms with Crippen molar-refractivity contribution in [2.24, 2.45) is 10.8 Å². The van der Waals surface area contributed by atoms with Crippen LogP contribution in [-0.4, -0.2) is 16.8 Å². The molecule has 7 nitrogen and oxygen atoms in total. The molecule has 0 radical (unpaired) electrons. The minimum absolute atomic E-state index is 0.0554. The van der Waals surface area contributed by atoms with Gasteiger partial charge in [0.25, 0.3) is 0 Å². The number of hydrogen-bond donors (Lipinski definition) is 3. The van der Waals surface area contributed by atoms with E-state index in [1.165, 1.54) is 0 Å². The first-order valence-corrected chi connectivity index (χ1v) is 5.01. The summed E-state index contributed by atoms with van der Waals surface area (Å²) in [6, 6.07) is 5.41. The van der Waals surface area contributed by atoms with Gasteiger partial charge in [-0.1, -0.05) is 0 Å². The third-order valence-corrected chi connectivity index (χ3v) is 3.75. The first kappa shape index (κ1) is 11.3. The maximum atomic E-state index is 11.9. The average Bonchev–Trinajstić information content (AvgIpc) is 2.62. The van der Waals surface area contributed by atoms with Crippen molar-refractivity contribution >= 4 is 5.91 Å². The molecule has 17 heavy (non-hydrogen) atoms. The molecule has 0 aromatic carbocycles. The van der Waals surface area contributed by atoms with Gasteiger partial charge in [-0.2, -0.15) is 21.3 Å². The number of hydroxylamine groups is 1. The van der Waals surface area contributed by atoms with Gasteiger partial charge in [-0.05, 0) is 12.8 Å². The minimum atomic E-state index is -1.72. The van der Waals surface area contributed by atoms with Crippen molar-refractivity contribution in [2.75, 3.05) is 0 Å². The molecule has 86 valence electrons. The fourth-order valence-corrected chi connectivity index (χ4v) is 2.65. The highest BCUT2D eigenvalue weighted by Crippen LogP contribution is 2.56. The topological polar surface area (TPSA) is 133 Å². The quantitative estimate of drug-likeness (QED) is 0.522. The molecule has 2 unspecified atom stereocenters. The number of fused-ring (bicyclic) bond motifs is 2. The molecule has 2 aliphatic rings. The zero-order valence-electron chi connectivity index (χ0n) is 8.82. The summed E-state index contributed by atoms with van der Waals surface area (Å²) in [5, 5.41) is 39.1. The Bertz CT molecular complexity index is 496. The van der Waals surface area contributed by atoms with Crippen LogP contribution in [-0.2, 0) is 4.79 Å². The SMILES string of the molecule is N#CC1(C#N)CCC2(NO)CC1(C#N)C(=O)N2. The van der Waals surface area contributed by atoms with Crippen LogP contribution < -0.4 is 10.8 Å². The molecule has 1 heterocycles. The van der Waals surface area contributed by atoms with Gasteiger partial charge in [-0.25, -0.2) is 0 Å². The van der Waals surface area contributed by atoms with Gasteiger partial charge < -0.3 is 10.5 Å². The summed E-state index contributed by atoms with van der Waals surface area (Å²) in [6.45, 7) is 0. The lowest BCUT2D eigenvalue weighted by Gasteiger charge is -2.39. The van der Waals surface area contributed by atoms with Crippen LogP contribution in [0.15, 0.2) is 0 Å². The second-order valence-corrected chi connectivity index (χ2v) is 4.47. The van der Waals surface area contributed by atoms with Crippen LogP contribution in [0, 0.1) is 44.8 Å². The molecule has 1 aliphatic carbocycles. The Kier molecular flexibility index (Phi) is 2.12. The summed E-state index contributed by atoms with van der Waals surface area (Å²) >= 11 is 0. The van der Waals surface area contributed by atoms with E-state index in [1.807, 2.05) is 5.48 Å². The molecule has 2 atom stereocenters. The third kappa shape index (κ3) is 1.06. The van der Waals surface area contributed by atoms with E-state index in [9.17, 15) is 10.1 Å². The number of carbonyl (C=O) groups is 1. The summed E-state index contributed by atoms with van der Waals surface area (Å²) in [7, 11) is 0. The van der Waals surface area contributed by atoms with Crippen molar-refractivity contribution in [1.29, 1.82) is 15.8 Å². The van der Waals surface area contributed by atoms with Gasteiger partial charge in [0.05, 0.1) is 18.2 Å². The molecule has 0 aromatic rings. The lowest BCUT2D eigenvalue weighted by molar-refractivity contribution is -0.127. The summed E-state index contributed by atoms with van der Waals surface area (Å²) in [5.41, 5.74) is -2.48. The lowest BCUT2D eigenvalue weighted by Crippen LogP contribution is -2.54. The Hall–Kier alpha value is -2.14. The standard InChI is InChI=1S/C10H9N5O2/c11-4-8(5-12)1-2-10(15-17)3-9(8,6-13)7(16)14-10/h15,17H,1-3H2,(H,14,16). The summed E-state index contributed by atoms with van der Waals surface area (Å²) in [6.07, 6.45) is 0.187. The van der Waals surface area contributed by atoms with E-state index < -0.39 is 22.4 Å². The molecule has 1 saturated carbocycles. The van der Waals surface area contributed by atoms with Gasteiger partial charge in [-0.15, -0.1) is 0 Å². The number of rotatable bonds is 1. The molecule has 1 saturated heterocycles. The second-order valence-electron chi connectivity index (χ2n) is 4.47. The highest BCUT2D eigenvalue weighted by atomic mass is 16.5. The normalized spacial score (nSPS) is 37.4. The van der Waals surface area contributed by atoms with Gasteiger partial charge in [0.15, 0.2) is 10.8 Å². The predicted molar refractivity (Wildman–Crippen MR) is 51.4 cm³/mol. The average molecular weight is 231 g/mol. The Morgan fingerprint density at radius 2 is 1.88 bits per heavy atom. The fourth-order valence-electron chi connectivity index (χ4n) is 2.65. The maximum absolute atomic E-state index is 11.9. The summed E-state index contributed by atoms with van der Waals surface area (Å²) < 4.78 is 0. The molecule has 2 fully saturated rings. The molecule has 3 N–H and O–H groups in total. The van der Waals surface area contributed by atoms with Gasteiger partial charge in [0, 0.05) is 6.42 Å². The van der Waals surface area contributed by atoms with Crippen molar-refractivity contribution in [1.82, 2.24) is 10.8 Å². The van der Waals surface area contributed by atoms with Gasteiger partial charge in [0.2, 0.25) is 5.91 Å². The van der Waals surface area contributed by atoms with Crippen molar-refractivity contribution in [2.45, 2.75) is 24.9 Å². The zero-order chi connectivity index (χ0) is 12.7. The maximum Gasteiger partial charge on any atom is 0.244 e. The first-order chi connectivity index (χ1) is 8.03. The van der Waals surface area contributed by atoms with Crippen LogP contribution in [0.25, 0.3) is 0 Å². The monoisotopic (exact) mass is 231 g/mol. The molecule has 0 spiro atoms. The van der Waals surface area contributed by atoms with Gasteiger partial charge in [-0.3, -0.25) is 4.79 Å². The molecule has 2 bridgehead atoms. The van der Waals surface area contributed by atoms with Crippen LogP contribution in [0.2, 0.25) is 0 Å². The number of nitriles is 3. The van der Waals surface area contributed by atoms with Crippen LogP contribution in [0.1, 0.15) is 19.3 Å². The Morgan fingerprint density at radius 1 is 1.24 bits per heavy atom. The number of hydrogen-bond acceptors (Lipinski definition) is 6. The van der Waals surface area contributed by atoms with E-state index >= 15 is 0 Å². The molecular formula is C10H9N5O2. The largest absolute Gasteiger partial charge is 0.335 e. The molecule has 1 aliphatic heterocycles.